The molecule has 100 valence electrons. The van der Waals surface area contributed by atoms with Crippen LogP contribution in [0.3, 0.4) is 0 Å². The predicted octanol–water partition coefficient (Wildman–Crippen LogP) is 1.14. The van der Waals surface area contributed by atoms with Crippen molar-refractivity contribution in [3.63, 3.8) is 0 Å². The van der Waals surface area contributed by atoms with Gasteiger partial charge in [-0.1, -0.05) is 0 Å². The van der Waals surface area contributed by atoms with Crippen LogP contribution in [0.1, 0.15) is 26.8 Å². The Kier molecular flexibility index (Phi) is 8.23. The second-order valence-electron chi connectivity index (χ2n) is 4.24. The second-order valence-corrected chi connectivity index (χ2v) is 4.24. The molecule has 1 rings (SSSR count). The molecule has 0 fully saturated rings. The third kappa shape index (κ3) is 5.39. The van der Waals surface area contributed by atoms with E-state index < -0.39 is 0 Å². The molecule has 0 aliphatic carbocycles. The number of hydrogen-bond donors (Lipinski definition) is 2. The first-order valence-electron chi connectivity index (χ1n) is 4.97. The van der Waals surface area contributed by atoms with E-state index in [1.807, 2.05) is 13.8 Å². The molecular weight excluding hydrogens is 263 g/mol. The molecule has 7 heteroatoms. The van der Waals surface area contributed by atoms with Crippen molar-refractivity contribution in [1.29, 1.82) is 0 Å². The molecular formula is C10H20Cl2N4O. The van der Waals surface area contributed by atoms with Gasteiger partial charge < -0.3 is 11.1 Å². The standard InChI is InChI=1S/C10H18N4O.2ClH/c1-8(14-6-4-5-12-14)9(15)13-10(2,3)7-11;;/h4-6,8H,7,11H2,1-3H3,(H,13,15);2*1H. The van der Waals surface area contributed by atoms with Gasteiger partial charge in [-0.2, -0.15) is 5.10 Å². The van der Waals surface area contributed by atoms with E-state index in [-0.39, 0.29) is 42.3 Å². The fourth-order valence-corrected chi connectivity index (χ4v) is 1.12. The first kappa shape index (κ1) is 18.6. The summed E-state index contributed by atoms with van der Waals surface area (Å²) in [5.74, 6) is -0.0749. The van der Waals surface area contributed by atoms with Crippen molar-refractivity contribution in [3.8, 4) is 0 Å². The molecule has 1 unspecified atom stereocenters. The molecule has 0 saturated carbocycles. The van der Waals surface area contributed by atoms with Crippen LogP contribution in [0.4, 0.5) is 0 Å². The number of carbonyl (C=O) groups is 1. The molecule has 0 bridgehead atoms. The van der Waals surface area contributed by atoms with Crippen LogP contribution in [-0.4, -0.2) is 27.8 Å². The molecule has 1 amide bonds. The highest BCUT2D eigenvalue weighted by atomic mass is 35.5. The smallest absolute Gasteiger partial charge is 0.245 e. The summed E-state index contributed by atoms with van der Waals surface area (Å²) in [6.45, 7) is 5.99. The zero-order valence-electron chi connectivity index (χ0n) is 10.2. The van der Waals surface area contributed by atoms with Gasteiger partial charge in [0.05, 0.1) is 0 Å². The molecule has 1 aromatic rings. The minimum Gasteiger partial charge on any atom is -0.348 e. The minimum absolute atomic E-state index is 0. The van der Waals surface area contributed by atoms with Crippen molar-refractivity contribution >= 4 is 30.7 Å². The Morgan fingerprint density at radius 2 is 2.12 bits per heavy atom. The van der Waals surface area contributed by atoms with Crippen LogP contribution < -0.4 is 11.1 Å². The average Bonchev–Trinajstić information content (AvgIpc) is 2.68. The third-order valence-corrected chi connectivity index (χ3v) is 2.27. The summed E-state index contributed by atoms with van der Waals surface area (Å²) in [5.41, 5.74) is 5.16. The van der Waals surface area contributed by atoms with E-state index in [1.165, 1.54) is 0 Å². The van der Waals surface area contributed by atoms with Gasteiger partial charge in [0.25, 0.3) is 0 Å². The van der Waals surface area contributed by atoms with Gasteiger partial charge in [0, 0.05) is 24.5 Å². The third-order valence-electron chi connectivity index (χ3n) is 2.27. The van der Waals surface area contributed by atoms with Crippen LogP contribution in [0.5, 0.6) is 0 Å². The Bertz CT molecular complexity index is 327. The zero-order valence-corrected chi connectivity index (χ0v) is 11.8. The second kappa shape index (κ2) is 7.53. The van der Waals surface area contributed by atoms with Crippen molar-refractivity contribution in [2.45, 2.75) is 32.4 Å². The van der Waals surface area contributed by atoms with Gasteiger partial charge in [0.1, 0.15) is 6.04 Å². The number of aromatic nitrogens is 2. The number of amides is 1. The van der Waals surface area contributed by atoms with E-state index in [4.69, 9.17) is 5.73 Å². The Morgan fingerprint density at radius 1 is 1.53 bits per heavy atom. The van der Waals surface area contributed by atoms with E-state index in [0.29, 0.717) is 6.54 Å². The van der Waals surface area contributed by atoms with E-state index in [2.05, 4.69) is 10.4 Å². The lowest BCUT2D eigenvalue weighted by molar-refractivity contribution is -0.125. The molecule has 5 nitrogen and oxygen atoms in total. The lowest BCUT2D eigenvalue weighted by atomic mass is 10.1. The monoisotopic (exact) mass is 282 g/mol. The van der Waals surface area contributed by atoms with Crippen LogP contribution in [0.2, 0.25) is 0 Å². The van der Waals surface area contributed by atoms with E-state index in [0.717, 1.165) is 0 Å². The first-order valence-corrected chi connectivity index (χ1v) is 4.97. The molecule has 0 spiro atoms. The quantitative estimate of drug-likeness (QED) is 0.870. The summed E-state index contributed by atoms with van der Waals surface area (Å²) in [4.78, 5) is 11.8. The Morgan fingerprint density at radius 3 is 2.53 bits per heavy atom. The van der Waals surface area contributed by atoms with Crippen LogP contribution in [0.25, 0.3) is 0 Å². The molecule has 0 aromatic carbocycles. The van der Waals surface area contributed by atoms with Gasteiger partial charge in [-0.3, -0.25) is 9.48 Å². The van der Waals surface area contributed by atoms with Gasteiger partial charge >= 0.3 is 0 Å². The number of rotatable bonds is 4. The van der Waals surface area contributed by atoms with Crippen LogP contribution in [0, 0.1) is 0 Å². The highest BCUT2D eigenvalue weighted by Gasteiger charge is 2.22. The van der Waals surface area contributed by atoms with Crippen molar-refractivity contribution in [2.24, 2.45) is 5.73 Å². The largest absolute Gasteiger partial charge is 0.348 e. The maximum Gasteiger partial charge on any atom is 0.245 e. The summed E-state index contributed by atoms with van der Waals surface area (Å²) in [6.07, 6.45) is 3.41. The molecule has 1 heterocycles. The topological polar surface area (TPSA) is 72.9 Å². The minimum atomic E-state index is -0.376. The summed E-state index contributed by atoms with van der Waals surface area (Å²) in [5, 5.41) is 6.89. The number of carbonyl (C=O) groups excluding carboxylic acids is 1. The Labute approximate surface area is 114 Å². The molecule has 17 heavy (non-hydrogen) atoms. The van der Waals surface area contributed by atoms with E-state index in [9.17, 15) is 4.79 Å². The highest BCUT2D eigenvalue weighted by Crippen LogP contribution is 2.06. The number of nitrogens with one attached hydrogen (secondary N) is 1. The first-order chi connectivity index (χ1) is 6.96. The molecule has 3 N–H and O–H groups in total. The Hall–Kier alpha value is -0.780. The summed E-state index contributed by atoms with van der Waals surface area (Å²) in [6, 6.07) is 1.48. The summed E-state index contributed by atoms with van der Waals surface area (Å²) in [7, 11) is 0. The molecule has 0 aliphatic heterocycles. The number of nitrogens with two attached hydrogens (primary N) is 1. The lowest BCUT2D eigenvalue weighted by Crippen LogP contribution is -2.50. The van der Waals surface area contributed by atoms with E-state index >= 15 is 0 Å². The molecule has 0 radical (unpaired) electrons. The number of nitrogens with zero attached hydrogens (tertiary/aromatic N) is 2. The van der Waals surface area contributed by atoms with E-state index in [1.54, 1.807) is 30.1 Å². The predicted molar refractivity (Wildman–Crippen MR) is 72.7 cm³/mol. The van der Waals surface area contributed by atoms with Gasteiger partial charge in [0.2, 0.25) is 5.91 Å². The van der Waals surface area contributed by atoms with Crippen molar-refractivity contribution in [2.75, 3.05) is 6.54 Å². The van der Waals surface area contributed by atoms with Crippen LogP contribution in [-0.2, 0) is 4.79 Å². The fraction of sp³-hybridized carbons (Fsp3) is 0.600. The van der Waals surface area contributed by atoms with Gasteiger partial charge in [-0.25, -0.2) is 0 Å². The number of halogens is 2. The molecule has 1 atom stereocenters. The molecule has 0 saturated heterocycles. The van der Waals surface area contributed by atoms with Gasteiger partial charge in [0.15, 0.2) is 0 Å². The Balaban J connectivity index is 0. The maximum atomic E-state index is 11.8. The van der Waals surface area contributed by atoms with Crippen LogP contribution in [0.15, 0.2) is 18.5 Å². The van der Waals surface area contributed by atoms with Crippen molar-refractivity contribution in [1.82, 2.24) is 15.1 Å². The van der Waals surface area contributed by atoms with Gasteiger partial charge in [-0.05, 0) is 26.8 Å². The summed E-state index contributed by atoms with van der Waals surface area (Å²) >= 11 is 0. The molecule has 0 aliphatic rings. The summed E-state index contributed by atoms with van der Waals surface area (Å²) < 4.78 is 1.61. The maximum absolute atomic E-state index is 11.8. The highest BCUT2D eigenvalue weighted by molar-refractivity contribution is 5.85. The fourth-order valence-electron chi connectivity index (χ4n) is 1.12. The van der Waals surface area contributed by atoms with Crippen molar-refractivity contribution in [3.05, 3.63) is 18.5 Å². The SMILES string of the molecule is CC(C(=O)NC(C)(C)CN)n1cccn1.Cl.Cl. The van der Waals surface area contributed by atoms with Gasteiger partial charge in [-0.15, -0.1) is 24.8 Å². The molecule has 1 aromatic heterocycles. The van der Waals surface area contributed by atoms with Crippen molar-refractivity contribution < 1.29 is 4.79 Å². The number of hydrogen-bond acceptors (Lipinski definition) is 3. The lowest BCUT2D eigenvalue weighted by Gasteiger charge is -2.26. The average molecular weight is 283 g/mol. The normalized spacial score (nSPS) is 12.0. The zero-order chi connectivity index (χ0) is 11.5. The van der Waals surface area contributed by atoms with Crippen LogP contribution >= 0.6 is 24.8 Å².